The van der Waals surface area contributed by atoms with Gasteiger partial charge in [-0.2, -0.15) is 0 Å². The zero-order chi connectivity index (χ0) is 7.66. The van der Waals surface area contributed by atoms with Crippen molar-refractivity contribution in [1.29, 1.82) is 0 Å². The van der Waals surface area contributed by atoms with Crippen LogP contribution in [0.3, 0.4) is 0 Å². The minimum Gasteiger partial charge on any atom is -0.870 e. The van der Waals surface area contributed by atoms with Crippen LogP contribution in [0.2, 0.25) is 4.13 Å². The molecular weight excluding hydrogens is 247 g/mol. The molecule has 0 heterocycles. The van der Waals surface area contributed by atoms with E-state index in [9.17, 15) is 0 Å². The largest absolute Gasteiger partial charge is 0.870 e. The summed E-state index contributed by atoms with van der Waals surface area (Å²) in [5.41, 5.74) is 0. The monoisotopic (exact) mass is 268 g/mol. The van der Waals surface area contributed by atoms with Crippen molar-refractivity contribution < 1.29 is 41.1 Å². The summed E-state index contributed by atoms with van der Waals surface area (Å²) in [6, 6.07) is 0. The van der Waals surface area contributed by atoms with Gasteiger partial charge < -0.3 is 16.4 Å². The van der Waals surface area contributed by atoms with Gasteiger partial charge in [0.15, 0.2) is 0 Å². The first-order chi connectivity index (χ1) is 4.91. The maximum absolute atomic E-state index is 2.27. The van der Waals surface area contributed by atoms with Crippen molar-refractivity contribution >= 4 is 0 Å². The fourth-order valence-corrected chi connectivity index (χ4v) is 1.70. The molecule has 0 saturated carbocycles. The molecule has 0 aliphatic rings. The van der Waals surface area contributed by atoms with Crippen LogP contribution in [-0.2, 0) is 24.7 Å². The van der Waals surface area contributed by atoms with Crippen molar-refractivity contribution in [3.63, 3.8) is 0 Å². The van der Waals surface area contributed by atoms with Crippen molar-refractivity contribution in [3.05, 3.63) is 0 Å². The Hall–Kier alpha value is 0.763. The van der Waals surface area contributed by atoms with Crippen LogP contribution >= 0.6 is 0 Å². The second kappa shape index (κ2) is 23.0. The summed E-state index contributed by atoms with van der Waals surface area (Å²) in [4.78, 5) is 0. The Morgan fingerprint density at radius 2 is 1.08 bits per heavy atom. The molecule has 3 N–H and O–H groups in total. The molecule has 0 aliphatic heterocycles. The summed E-state index contributed by atoms with van der Waals surface area (Å²) in [7, 11) is 0. The molecule has 0 saturated heterocycles. The minimum absolute atomic E-state index is 0. The van der Waals surface area contributed by atoms with Crippen LogP contribution in [0.15, 0.2) is 0 Å². The molecule has 0 atom stereocenters. The molecule has 3 nitrogen and oxygen atoms in total. The van der Waals surface area contributed by atoms with Gasteiger partial charge in [0.25, 0.3) is 0 Å². The Morgan fingerprint density at radius 3 is 1.46 bits per heavy atom. The Bertz CT molecular complexity index is 54.8. The molecule has 0 radical (unpaired) electrons. The van der Waals surface area contributed by atoms with E-state index in [1.165, 1.54) is 49.1 Å². The second-order valence-corrected chi connectivity index (χ2v) is 4.10. The van der Waals surface area contributed by atoms with Crippen LogP contribution < -0.4 is 0 Å². The van der Waals surface area contributed by atoms with E-state index in [-0.39, 0.29) is 16.4 Å². The van der Waals surface area contributed by atoms with Gasteiger partial charge >= 0.3 is 80.7 Å². The third-order valence-corrected chi connectivity index (χ3v) is 2.65. The molecule has 0 rings (SSSR count). The fourth-order valence-electron chi connectivity index (χ4n) is 1.08. The standard InChI is InChI=1S/C9H19.3H2O.Zr/c1-3-5-7-9-8-6-4-2;;;;/h1,3-9H2,2H3;3*1H2;/q;;;;+3/p-3. The summed E-state index contributed by atoms with van der Waals surface area (Å²) in [5.74, 6) is 0. The van der Waals surface area contributed by atoms with Gasteiger partial charge in [-0.1, -0.05) is 0 Å². The summed E-state index contributed by atoms with van der Waals surface area (Å²) in [6.07, 6.45) is 10.2. The zero-order valence-corrected chi connectivity index (χ0v) is 11.0. The van der Waals surface area contributed by atoms with Crippen LogP contribution in [-0.4, -0.2) is 16.4 Å². The topological polar surface area (TPSA) is 90.0 Å². The molecule has 0 aromatic carbocycles. The zero-order valence-electron chi connectivity index (χ0n) is 8.50. The Morgan fingerprint density at radius 1 is 0.692 bits per heavy atom. The third kappa shape index (κ3) is 24.5. The molecular formula is C9H22O3Zr. The van der Waals surface area contributed by atoms with E-state index in [4.69, 9.17) is 0 Å². The van der Waals surface area contributed by atoms with Gasteiger partial charge in [-0.05, 0) is 0 Å². The van der Waals surface area contributed by atoms with Crippen molar-refractivity contribution in [2.24, 2.45) is 0 Å². The molecule has 0 bridgehead atoms. The fraction of sp³-hybridized carbons (Fsp3) is 1.00. The van der Waals surface area contributed by atoms with Crippen molar-refractivity contribution in [3.8, 4) is 0 Å². The molecule has 13 heavy (non-hydrogen) atoms. The van der Waals surface area contributed by atoms with E-state index in [1.54, 1.807) is 24.7 Å². The first-order valence-corrected chi connectivity index (χ1v) is 6.30. The molecule has 4 heteroatoms. The Kier molecular flexibility index (Phi) is 41.6. The van der Waals surface area contributed by atoms with Crippen LogP contribution in [0.5, 0.6) is 0 Å². The number of rotatable bonds is 7. The maximum atomic E-state index is 2.27. The molecule has 0 aliphatic carbocycles. The van der Waals surface area contributed by atoms with E-state index in [1.807, 2.05) is 0 Å². The molecule has 0 aromatic heterocycles. The Labute approximate surface area is 97.1 Å². The van der Waals surface area contributed by atoms with Gasteiger partial charge in [0, 0.05) is 0 Å². The van der Waals surface area contributed by atoms with Gasteiger partial charge in [0.1, 0.15) is 0 Å². The van der Waals surface area contributed by atoms with E-state index in [0.717, 1.165) is 0 Å². The Balaban J connectivity index is -0.000000135. The number of hydrogen-bond donors (Lipinski definition) is 0. The quantitative estimate of drug-likeness (QED) is 0.665. The van der Waals surface area contributed by atoms with E-state index >= 15 is 0 Å². The average Bonchev–Trinajstić information content (AvgIpc) is 1.97. The van der Waals surface area contributed by atoms with Crippen LogP contribution in [0.4, 0.5) is 0 Å². The maximum Gasteiger partial charge on any atom is -0.870 e. The molecule has 0 fully saturated rings. The SMILES string of the molecule is CCCCCCCC[CH2][Zr+3].[OH-].[OH-].[OH-]. The molecule has 80 valence electrons. The van der Waals surface area contributed by atoms with Gasteiger partial charge in [-0.25, -0.2) is 0 Å². The van der Waals surface area contributed by atoms with Crippen LogP contribution in [0.1, 0.15) is 51.9 Å². The molecule has 0 unspecified atom stereocenters. The van der Waals surface area contributed by atoms with E-state index in [0.29, 0.717) is 0 Å². The normalized spacial score (nSPS) is 7.92. The van der Waals surface area contributed by atoms with Gasteiger partial charge in [-0.3, -0.25) is 0 Å². The second-order valence-electron chi connectivity index (χ2n) is 2.87. The minimum atomic E-state index is 0. The molecule has 0 aromatic rings. The van der Waals surface area contributed by atoms with Crippen LogP contribution in [0.25, 0.3) is 0 Å². The van der Waals surface area contributed by atoms with Crippen molar-refractivity contribution in [1.82, 2.24) is 0 Å². The summed E-state index contributed by atoms with van der Waals surface area (Å²) < 4.78 is 1.46. The molecule has 0 amide bonds. The van der Waals surface area contributed by atoms with Gasteiger partial charge in [0.2, 0.25) is 0 Å². The average molecular weight is 269 g/mol. The number of unbranched alkanes of at least 4 members (excludes halogenated alkanes) is 6. The van der Waals surface area contributed by atoms with Crippen molar-refractivity contribution in [2.45, 2.75) is 56.0 Å². The van der Waals surface area contributed by atoms with Gasteiger partial charge in [-0.15, -0.1) is 0 Å². The predicted octanol–water partition coefficient (Wildman–Crippen LogP) is 3.17. The molecule has 0 spiro atoms. The summed E-state index contributed by atoms with van der Waals surface area (Å²) in [6.45, 7) is 2.27. The first-order valence-electron chi connectivity index (χ1n) is 4.56. The first kappa shape index (κ1) is 23.5. The predicted molar refractivity (Wildman–Crippen MR) is 48.6 cm³/mol. The third-order valence-electron chi connectivity index (χ3n) is 1.78. The summed E-state index contributed by atoms with van der Waals surface area (Å²) >= 11 is 1.71. The van der Waals surface area contributed by atoms with Crippen molar-refractivity contribution in [2.75, 3.05) is 0 Å². The smallest absolute Gasteiger partial charge is 0.870 e. The van der Waals surface area contributed by atoms with E-state index < -0.39 is 0 Å². The van der Waals surface area contributed by atoms with Crippen LogP contribution in [0, 0.1) is 0 Å². The number of hydrogen-bond acceptors (Lipinski definition) is 3. The van der Waals surface area contributed by atoms with E-state index in [2.05, 4.69) is 6.92 Å². The van der Waals surface area contributed by atoms with Gasteiger partial charge in [0.05, 0.1) is 0 Å². The summed E-state index contributed by atoms with van der Waals surface area (Å²) in [5, 5.41) is 0.